The number of carbonyl (C=O) groups excluding carboxylic acids is 2. The molecular formula is C14H17N3O2. The zero-order chi connectivity index (χ0) is 13.4. The number of carbonyl (C=O) groups is 2. The third-order valence-corrected chi connectivity index (χ3v) is 3.92. The van der Waals surface area contributed by atoms with E-state index in [0.717, 1.165) is 25.2 Å². The van der Waals surface area contributed by atoms with Crippen molar-refractivity contribution in [1.29, 1.82) is 0 Å². The van der Waals surface area contributed by atoms with Gasteiger partial charge in [-0.3, -0.25) is 19.8 Å². The number of hydrogen-bond donors (Lipinski definition) is 2. The fourth-order valence-electron chi connectivity index (χ4n) is 2.89. The van der Waals surface area contributed by atoms with E-state index in [1.165, 1.54) is 11.1 Å². The van der Waals surface area contributed by atoms with Crippen LogP contribution < -0.4 is 11.1 Å². The number of imide groups is 1. The SMILES string of the molecule is Nc1ccc2c(c1)CCN([C@@H]1CCC(=O)NC1=O)C2. The summed E-state index contributed by atoms with van der Waals surface area (Å²) in [5.41, 5.74) is 9.06. The van der Waals surface area contributed by atoms with E-state index < -0.39 is 0 Å². The van der Waals surface area contributed by atoms with Crippen LogP contribution in [0.2, 0.25) is 0 Å². The standard InChI is InChI=1S/C14H17N3O2/c15-11-2-1-10-8-17(6-5-9(10)7-11)12-3-4-13(18)16-14(12)19/h1-2,7,12H,3-6,8,15H2,(H,16,18,19)/t12-/m1/s1. The van der Waals surface area contributed by atoms with E-state index in [2.05, 4.69) is 10.2 Å². The lowest BCUT2D eigenvalue weighted by atomic mass is 9.95. The lowest BCUT2D eigenvalue weighted by Crippen LogP contribution is -2.53. The molecule has 3 N–H and O–H groups in total. The lowest BCUT2D eigenvalue weighted by Gasteiger charge is -2.36. The number of benzene rings is 1. The first kappa shape index (κ1) is 12.2. The van der Waals surface area contributed by atoms with E-state index in [1.54, 1.807) is 0 Å². The van der Waals surface area contributed by atoms with E-state index in [-0.39, 0.29) is 17.9 Å². The number of nitrogen functional groups attached to an aromatic ring is 1. The summed E-state index contributed by atoms with van der Waals surface area (Å²) in [6.07, 6.45) is 1.95. The zero-order valence-corrected chi connectivity index (χ0v) is 10.7. The number of amides is 2. The predicted octanol–water partition coefficient (Wildman–Crippen LogP) is 0.432. The van der Waals surface area contributed by atoms with E-state index in [9.17, 15) is 9.59 Å². The highest BCUT2D eigenvalue weighted by molar-refractivity contribution is 6.00. The minimum Gasteiger partial charge on any atom is -0.399 e. The van der Waals surface area contributed by atoms with Gasteiger partial charge in [0.05, 0.1) is 6.04 Å². The normalized spacial score (nSPS) is 23.9. The number of hydrogen-bond acceptors (Lipinski definition) is 4. The van der Waals surface area contributed by atoms with Crippen LogP contribution >= 0.6 is 0 Å². The van der Waals surface area contributed by atoms with Gasteiger partial charge >= 0.3 is 0 Å². The van der Waals surface area contributed by atoms with E-state index in [1.807, 2.05) is 18.2 Å². The topological polar surface area (TPSA) is 75.4 Å². The van der Waals surface area contributed by atoms with Crippen molar-refractivity contribution >= 4 is 17.5 Å². The van der Waals surface area contributed by atoms with Gasteiger partial charge in [0.1, 0.15) is 0 Å². The van der Waals surface area contributed by atoms with Gasteiger partial charge in [0.15, 0.2) is 0 Å². The molecule has 0 spiro atoms. The molecule has 2 heterocycles. The van der Waals surface area contributed by atoms with Gasteiger partial charge < -0.3 is 5.73 Å². The van der Waals surface area contributed by atoms with E-state index in [0.29, 0.717) is 12.8 Å². The van der Waals surface area contributed by atoms with Crippen molar-refractivity contribution in [2.24, 2.45) is 0 Å². The van der Waals surface area contributed by atoms with Crippen molar-refractivity contribution in [2.75, 3.05) is 12.3 Å². The van der Waals surface area contributed by atoms with Crippen LogP contribution in [0.3, 0.4) is 0 Å². The van der Waals surface area contributed by atoms with E-state index >= 15 is 0 Å². The van der Waals surface area contributed by atoms with Gasteiger partial charge in [-0.2, -0.15) is 0 Å². The molecule has 5 nitrogen and oxygen atoms in total. The monoisotopic (exact) mass is 259 g/mol. The maximum Gasteiger partial charge on any atom is 0.243 e. The Labute approximate surface area is 111 Å². The highest BCUT2D eigenvalue weighted by atomic mass is 16.2. The molecule has 0 aromatic heterocycles. The number of piperidine rings is 1. The molecule has 100 valence electrons. The Kier molecular flexibility index (Phi) is 2.98. The second kappa shape index (κ2) is 4.66. The Balaban J connectivity index is 1.77. The predicted molar refractivity (Wildman–Crippen MR) is 71.1 cm³/mol. The number of nitrogens with two attached hydrogens (primary N) is 1. The summed E-state index contributed by atoms with van der Waals surface area (Å²) in [6.45, 7) is 1.59. The molecule has 3 rings (SSSR count). The summed E-state index contributed by atoms with van der Waals surface area (Å²) in [6, 6.07) is 5.76. The molecule has 1 fully saturated rings. The van der Waals surface area contributed by atoms with Crippen LogP contribution in [0.25, 0.3) is 0 Å². The first-order valence-corrected chi connectivity index (χ1v) is 6.58. The van der Waals surface area contributed by atoms with Crippen molar-refractivity contribution < 1.29 is 9.59 Å². The summed E-state index contributed by atoms with van der Waals surface area (Å²) in [4.78, 5) is 25.2. The molecule has 2 aliphatic rings. The van der Waals surface area contributed by atoms with Crippen molar-refractivity contribution in [3.05, 3.63) is 29.3 Å². The number of fused-ring (bicyclic) bond motifs is 1. The summed E-state index contributed by atoms with van der Waals surface area (Å²) in [5, 5.41) is 2.42. The van der Waals surface area contributed by atoms with Gasteiger partial charge in [-0.1, -0.05) is 6.07 Å². The molecule has 0 aliphatic carbocycles. The maximum atomic E-state index is 11.9. The maximum absolute atomic E-state index is 11.9. The molecule has 0 unspecified atom stereocenters. The van der Waals surface area contributed by atoms with Gasteiger partial charge in [0, 0.05) is 25.2 Å². The van der Waals surface area contributed by atoms with Crippen molar-refractivity contribution in [2.45, 2.75) is 31.8 Å². The van der Waals surface area contributed by atoms with Crippen LogP contribution in [0.15, 0.2) is 18.2 Å². The van der Waals surface area contributed by atoms with Gasteiger partial charge in [0.25, 0.3) is 0 Å². The van der Waals surface area contributed by atoms with Crippen molar-refractivity contribution in [3.8, 4) is 0 Å². The summed E-state index contributed by atoms with van der Waals surface area (Å²) in [5.74, 6) is -0.318. The van der Waals surface area contributed by atoms with Crippen LogP contribution in [0, 0.1) is 0 Å². The molecule has 0 saturated carbocycles. The molecule has 19 heavy (non-hydrogen) atoms. The minimum absolute atomic E-state index is 0.157. The first-order valence-electron chi connectivity index (χ1n) is 6.58. The Hall–Kier alpha value is -1.88. The quantitative estimate of drug-likeness (QED) is 0.566. The summed E-state index contributed by atoms with van der Waals surface area (Å²) >= 11 is 0. The molecule has 1 aromatic rings. The fraction of sp³-hybridized carbons (Fsp3) is 0.429. The van der Waals surface area contributed by atoms with Crippen LogP contribution in [0.1, 0.15) is 24.0 Å². The Morgan fingerprint density at radius 3 is 2.84 bits per heavy atom. The third-order valence-electron chi connectivity index (χ3n) is 3.92. The van der Waals surface area contributed by atoms with Gasteiger partial charge in [0.2, 0.25) is 11.8 Å². The van der Waals surface area contributed by atoms with Crippen LogP contribution in [0.5, 0.6) is 0 Å². The highest BCUT2D eigenvalue weighted by Gasteiger charge is 2.33. The molecule has 2 aliphatic heterocycles. The molecule has 1 atom stereocenters. The van der Waals surface area contributed by atoms with Gasteiger partial charge in [-0.25, -0.2) is 0 Å². The number of nitrogens with one attached hydrogen (secondary N) is 1. The zero-order valence-electron chi connectivity index (χ0n) is 10.7. The van der Waals surface area contributed by atoms with Crippen LogP contribution in [-0.4, -0.2) is 29.3 Å². The molecule has 2 amide bonds. The second-order valence-corrected chi connectivity index (χ2v) is 5.22. The molecular weight excluding hydrogens is 242 g/mol. The average molecular weight is 259 g/mol. The van der Waals surface area contributed by atoms with Crippen LogP contribution in [0.4, 0.5) is 5.69 Å². The smallest absolute Gasteiger partial charge is 0.243 e. The second-order valence-electron chi connectivity index (χ2n) is 5.22. The summed E-state index contributed by atoms with van der Waals surface area (Å²) in [7, 11) is 0. The molecule has 1 saturated heterocycles. The molecule has 0 bridgehead atoms. The highest BCUT2D eigenvalue weighted by Crippen LogP contribution is 2.24. The number of nitrogens with zero attached hydrogens (tertiary/aromatic N) is 1. The number of rotatable bonds is 1. The molecule has 5 heteroatoms. The fourth-order valence-corrected chi connectivity index (χ4v) is 2.89. The Bertz CT molecular complexity index is 541. The van der Waals surface area contributed by atoms with Crippen molar-refractivity contribution in [1.82, 2.24) is 10.2 Å². The largest absolute Gasteiger partial charge is 0.399 e. The van der Waals surface area contributed by atoms with Crippen molar-refractivity contribution in [3.63, 3.8) is 0 Å². The van der Waals surface area contributed by atoms with Gasteiger partial charge in [-0.05, 0) is 36.1 Å². The Morgan fingerprint density at radius 1 is 1.21 bits per heavy atom. The average Bonchev–Trinajstić information content (AvgIpc) is 2.38. The third kappa shape index (κ3) is 2.33. The van der Waals surface area contributed by atoms with Crippen LogP contribution in [-0.2, 0) is 22.6 Å². The minimum atomic E-state index is -0.177. The molecule has 1 aromatic carbocycles. The Morgan fingerprint density at radius 2 is 2.05 bits per heavy atom. The van der Waals surface area contributed by atoms with E-state index in [4.69, 9.17) is 5.73 Å². The summed E-state index contributed by atoms with van der Waals surface area (Å²) < 4.78 is 0. The number of anilines is 1. The lowest BCUT2D eigenvalue weighted by molar-refractivity contribution is -0.137. The van der Waals surface area contributed by atoms with Gasteiger partial charge in [-0.15, -0.1) is 0 Å². The molecule has 0 radical (unpaired) electrons. The first-order chi connectivity index (χ1) is 9.13.